The quantitative estimate of drug-likeness (QED) is 0.836. The Morgan fingerprint density at radius 1 is 1.36 bits per heavy atom. The van der Waals surface area contributed by atoms with Crippen LogP contribution in [0.3, 0.4) is 0 Å². The molecule has 25 heavy (non-hydrogen) atoms. The Balaban J connectivity index is 1.52. The molecule has 1 aromatic carbocycles. The minimum atomic E-state index is -0.453. The lowest BCUT2D eigenvalue weighted by molar-refractivity contribution is -0.130. The molecule has 6 heteroatoms. The maximum Gasteiger partial charge on any atom is 0.339 e. The van der Waals surface area contributed by atoms with E-state index in [0.29, 0.717) is 43.0 Å². The molecule has 1 aromatic heterocycles. The van der Waals surface area contributed by atoms with Gasteiger partial charge >= 0.3 is 5.63 Å². The molecular weight excluding hydrogens is 325 g/mol. The highest BCUT2D eigenvalue weighted by molar-refractivity contribution is 5.76. The molecule has 0 aliphatic carbocycles. The van der Waals surface area contributed by atoms with Crippen molar-refractivity contribution in [1.82, 2.24) is 4.90 Å². The first kappa shape index (κ1) is 17.2. The third-order valence-electron chi connectivity index (χ3n) is 4.23. The molecule has 0 bridgehead atoms. The molecular formula is C19H20FNO4. The summed E-state index contributed by atoms with van der Waals surface area (Å²) in [6, 6.07) is 9.45. The topological polar surface area (TPSA) is 59.8 Å². The molecule has 1 aliphatic rings. The van der Waals surface area contributed by atoms with Gasteiger partial charge in [0.15, 0.2) is 0 Å². The first-order valence-electron chi connectivity index (χ1n) is 8.31. The Morgan fingerprint density at radius 3 is 2.92 bits per heavy atom. The second kappa shape index (κ2) is 7.51. The van der Waals surface area contributed by atoms with Gasteiger partial charge in [-0.3, -0.25) is 4.79 Å². The van der Waals surface area contributed by atoms with Crippen molar-refractivity contribution >= 4 is 5.91 Å². The van der Waals surface area contributed by atoms with Crippen molar-refractivity contribution < 1.29 is 18.3 Å². The summed E-state index contributed by atoms with van der Waals surface area (Å²) in [5, 5.41) is 0. The lowest BCUT2D eigenvalue weighted by Crippen LogP contribution is -2.31. The van der Waals surface area contributed by atoms with Gasteiger partial charge in [0.2, 0.25) is 5.91 Å². The van der Waals surface area contributed by atoms with Crippen LogP contribution in [0.1, 0.15) is 24.2 Å². The maximum atomic E-state index is 13.6. The van der Waals surface area contributed by atoms with E-state index in [-0.39, 0.29) is 24.2 Å². The first-order chi connectivity index (χ1) is 12.0. The predicted octanol–water partition coefficient (Wildman–Crippen LogP) is 2.70. The van der Waals surface area contributed by atoms with Gasteiger partial charge in [0, 0.05) is 25.5 Å². The number of carbonyl (C=O) groups excluding carboxylic acids is 1. The van der Waals surface area contributed by atoms with E-state index in [4.69, 9.17) is 9.15 Å². The maximum absolute atomic E-state index is 13.6. The molecule has 1 fully saturated rings. The van der Waals surface area contributed by atoms with Crippen LogP contribution in [-0.4, -0.2) is 30.0 Å². The van der Waals surface area contributed by atoms with Crippen LogP contribution in [-0.2, 0) is 11.2 Å². The van der Waals surface area contributed by atoms with E-state index >= 15 is 0 Å². The van der Waals surface area contributed by atoms with Crippen LogP contribution >= 0.6 is 0 Å². The largest absolute Gasteiger partial charge is 0.488 e. The summed E-state index contributed by atoms with van der Waals surface area (Å²) in [6.45, 7) is 2.75. The summed E-state index contributed by atoms with van der Waals surface area (Å²) >= 11 is 0. The number of hydrogen-bond acceptors (Lipinski definition) is 4. The number of aryl methyl sites for hydroxylation is 2. The number of halogens is 1. The fraction of sp³-hybridized carbons (Fsp3) is 0.368. The van der Waals surface area contributed by atoms with Gasteiger partial charge in [-0.25, -0.2) is 9.18 Å². The molecule has 0 saturated carbocycles. The van der Waals surface area contributed by atoms with Gasteiger partial charge in [0.1, 0.15) is 23.4 Å². The highest BCUT2D eigenvalue weighted by Crippen LogP contribution is 2.19. The summed E-state index contributed by atoms with van der Waals surface area (Å²) < 4.78 is 24.3. The monoisotopic (exact) mass is 345 g/mol. The van der Waals surface area contributed by atoms with Gasteiger partial charge in [-0.2, -0.15) is 0 Å². The summed E-state index contributed by atoms with van der Waals surface area (Å²) in [5.74, 6) is 0.645. The molecule has 0 N–H and O–H groups in total. The Morgan fingerprint density at radius 2 is 2.16 bits per heavy atom. The Hall–Kier alpha value is -2.63. The van der Waals surface area contributed by atoms with Gasteiger partial charge in [-0.1, -0.05) is 18.2 Å². The SMILES string of the molecule is Cc1cc(O[C@H]2CCN(C(=O)CCc3ccccc3F)C2)cc(=O)o1. The van der Waals surface area contributed by atoms with Crippen LogP contribution < -0.4 is 10.4 Å². The van der Waals surface area contributed by atoms with Crippen LogP contribution in [0.15, 0.2) is 45.6 Å². The van der Waals surface area contributed by atoms with Crippen LogP contribution in [0.5, 0.6) is 5.75 Å². The van der Waals surface area contributed by atoms with E-state index < -0.39 is 5.63 Å². The fourth-order valence-electron chi connectivity index (χ4n) is 2.99. The molecule has 5 nitrogen and oxygen atoms in total. The van der Waals surface area contributed by atoms with Crippen molar-refractivity contribution in [2.45, 2.75) is 32.3 Å². The number of likely N-dealkylation sites (tertiary alicyclic amines) is 1. The summed E-state index contributed by atoms with van der Waals surface area (Å²) in [4.78, 5) is 25.4. The predicted molar refractivity (Wildman–Crippen MR) is 90.0 cm³/mol. The van der Waals surface area contributed by atoms with Crippen molar-refractivity contribution in [3.05, 3.63) is 64.0 Å². The second-order valence-electron chi connectivity index (χ2n) is 6.18. The van der Waals surface area contributed by atoms with E-state index in [2.05, 4.69) is 0 Å². The van der Waals surface area contributed by atoms with E-state index in [0.717, 1.165) is 0 Å². The minimum absolute atomic E-state index is 0.0156. The van der Waals surface area contributed by atoms with Crippen molar-refractivity contribution in [3.63, 3.8) is 0 Å². The van der Waals surface area contributed by atoms with E-state index in [1.54, 1.807) is 36.1 Å². The Bertz CT molecular complexity index is 817. The van der Waals surface area contributed by atoms with E-state index in [1.807, 2.05) is 0 Å². The molecule has 2 aromatic rings. The minimum Gasteiger partial charge on any atom is -0.488 e. The highest BCUT2D eigenvalue weighted by Gasteiger charge is 2.27. The van der Waals surface area contributed by atoms with Crippen LogP contribution in [0.25, 0.3) is 0 Å². The summed E-state index contributed by atoms with van der Waals surface area (Å²) in [6.07, 6.45) is 1.19. The second-order valence-corrected chi connectivity index (χ2v) is 6.18. The van der Waals surface area contributed by atoms with Crippen LogP contribution in [0, 0.1) is 12.7 Å². The standard InChI is InChI=1S/C19H20FNO4/c1-13-10-16(11-19(23)24-13)25-15-8-9-21(12-15)18(22)7-6-14-4-2-3-5-17(14)20/h2-5,10-11,15H,6-9,12H2,1H3/t15-/m0/s1. The lowest BCUT2D eigenvalue weighted by Gasteiger charge is -2.17. The zero-order valence-electron chi connectivity index (χ0n) is 14.0. The number of rotatable bonds is 5. The number of benzene rings is 1. The molecule has 1 atom stereocenters. The first-order valence-corrected chi connectivity index (χ1v) is 8.31. The molecule has 132 valence electrons. The third kappa shape index (κ3) is 4.47. The summed E-state index contributed by atoms with van der Waals surface area (Å²) in [7, 11) is 0. The average Bonchev–Trinajstić information content (AvgIpc) is 3.01. The number of nitrogens with zero attached hydrogens (tertiary/aromatic N) is 1. The van der Waals surface area contributed by atoms with Crippen molar-refractivity contribution in [3.8, 4) is 5.75 Å². The molecule has 1 saturated heterocycles. The van der Waals surface area contributed by atoms with Crippen molar-refractivity contribution in [1.29, 1.82) is 0 Å². The van der Waals surface area contributed by atoms with Crippen LogP contribution in [0.4, 0.5) is 4.39 Å². The average molecular weight is 345 g/mol. The zero-order chi connectivity index (χ0) is 17.8. The van der Waals surface area contributed by atoms with Gasteiger partial charge in [-0.15, -0.1) is 0 Å². The smallest absolute Gasteiger partial charge is 0.339 e. The Kier molecular flexibility index (Phi) is 5.16. The molecule has 0 spiro atoms. The molecule has 1 amide bonds. The summed E-state index contributed by atoms with van der Waals surface area (Å²) in [5.41, 5.74) is 0.0974. The zero-order valence-corrected chi connectivity index (χ0v) is 14.0. The number of carbonyl (C=O) groups is 1. The molecule has 2 heterocycles. The molecule has 0 radical (unpaired) electrons. The number of amides is 1. The molecule has 3 rings (SSSR count). The van der Waals surface area contributed by atoms with Gasteiger partial charge in [0.05, 0.1) is 12.6 Å². The lowest BCUT2D eigenvalue weighted by atomic mass is 10.1. The molecule has 0 unspecified atom stereocenters. The normalized spacial score (nSPS) is 16.9. The van der Waals surface area contributed by atoms with Gasteiger partial charge in [0.25, 0.3) is 0 Å². The number of ether oxygens (including phenoxy) is 1. The third-order valence-corrected chi connectivity index (χ3v) is 4.23. The van der Waals surface area contributed by atoms with E-state index in [9.17, 15) is 14.0 Å². The van der Waals surface area contributed by atoms with E-state index in [1.165, 1.54) is 12.1 Å². The Labute approximate surface area is 145 Å². The number of hydrogen-bond donors (Lipinski definition) is 0. The van der Waals surface area contributed by atoms with Crippen molar-refractivity contribution in [2.24, 2.45) is 0 Å². The van der Waals surface area contributed by atoms with Gasteiger partial charge < -0.3 is 14.1 Å². The fourth-order valence-corrected chi connectivity index (χ4v) is 2.99. The molecule has 1 aliphatic heterocycles. The highest BCUT2D eigenvalue weighted by atomic mass is 19.1. The van der Waals surface area contributed by atoms with Gasteiger partial charge in [-0.05, 0) is 25.0 Å². The van der Waals surface area contributed by atoms with Crippen LogP contribution in [0.2, 0.25) is 0 Å². The van der Waals surface area contributed by atoms with Crippen molar-refractivity contribution in [2.75, 3.05) is 13.1 Å².